The van der Waals surface area contributed by atoms with E-state index in [2.05, 4.69) is 10.4 Å². The lowest BCUT2D eigenvalue weighted by molar-refractivity contribution is 0.0934. The minimum atomic E-state index is -0.595. The molecule has 3 aromatic rings. The van der Waals surface area contributed by atoms with Gasteiger partial charge in [0.15, 0.2) is 5.69 Å². The zero-order chi connectivity index (χ0) is 21.0. The summed E-state index contributed by atoms with van der Waals surface area (Å²) in [5.74, 6) is -1.09. The van der Waals surface area contributed by atoms with Crippen LogP contribution in [-0.4, -0.2) is 41.2 Å². The third kappa shape index (κ3) is 4.57. The van der Waals surface area contributed by atoms with Crippen LogP contribution in [0, 0.1) is 12.7 Å². The van der Waals surface area contributed by atoms with E-state index in [1.807, 2.05) is 49.3 Å². The van der Waals surface area contributed by atoms with E-state index >= 15 is 0 Å². The molecule has 1 aromatic heterocycles. The number of amides is 1. The van der Waals surface area contributed by atoms with E-state index in [0.29, 0.717) is 12.2 Å². The Kier molecular flexibility index (Phi) is 6.19. The number of hydrogen-bond donors (Lipinski definition) is 1. The molecular formula is C22H23FN4O2. The van der Waals surface area contributed by atoms with Gasteiger partial charge in [0.05, 0.1) is 6.04 Å². The van der Waals surface area contributed by atoms with Crippen molar-refractivity contribution in [2.24, 2.45) is 0 Å². The van der Waals surface area contributed by atoms with Crippen molar-refractivity contribution in [3.05, 3.63) is 93.7 Å². The Balaban J connectivity index is 1.87. The van der Waals surface area contributed by atoms with Gasteiger partial charge in [0, 0.05) is 18.3 Å². The number of aromatic nitrogens is 2. The number of hydrogen-bond acceptors (Lipinski definition) is 4. The number of rotatable bonds is 6. The van der Waals surface area contributed by atoms with Crippen molar-refractivity contribution in [3.63, 3.8) is 0 Å². The Morgan fingerprint density at radius 3 is 2.45 bits per heavy atom. The highest BCUT2D eigenvalue weighted by molar-refractivity contribution is 5.92. The molecule has 2 aromatic carbocycles. The first-order chi connectivity index (χ1) is 13.9. The molecule has 0 fully saturated rings. The molecule has 1 unspecified atom stereocenters. The van der Waals surface area contributed by atoms with E-state index in [4.69, 9.17) is 0 Å². The van der Waals surface area contributed by atoms with Crippen molar-refractivity contribution in [2.75, 3.05) is 20.6 Å². The molecule has 1 atom stereocenters. The summed E-state index contributed by atoms with van der Waals surface area (Å²) < 4.78 is 15.4. The lowest BCUT2D eigenvalue weighted by atomic mass is 10.1. The Labute approximate surface area is 168 Å². The largest absolute Gasteiger partial charge is 0.349 e. The second-order valence-electron chi connectivity index (χ2n) is 6.96. The molecule has 0 aliphatic rings. The number of aryl methyl sites for hydroxylation is 1. The SMILES string of the molecule is Cc1cc(=O)c(C(=O)NCC(c2ccccc2)N(C)C)nn1-c1ccccc1F. The molecule has 150 valence electrons. The number of likely N-dealkylation sites (N-methyl/N-ethyl adjacent to an activating group) is 1. The van der Waals surface area contributed by atoms with Crippen molar-refractivity contribution >= 4 is 5.91 Å². The second-order valence-corrected chi connectivity index (χ2v) is 6.96. The fourth-order valence-corrected chi connectivity index (χ4v) is 3.12. The summed E-state index contributed by atoms with van der Waals surface area (Å²) in [6.45, 7) is 1.94. The molecule has 1 heterocycles. The van der Waals surface area contributed by atoms with Gasteiger partial charge >= 0.3 is 0 Å². The molecule has 29 heavy (non-hydrogen) atoms. The van der Waals surface area contributed by atoms with Crippen LogP contribution in [0.15, 0.2) is 65.5 Å². The predicted octanol–water partition coefficient (Wildman–Crippen LogP) is 2.71. The zero-order valence-electron chi connectivity index (χ0n) is 16.6. The van der Waals surface area contributed by atoms with E-state index in [-0.39, 0.29) is 17.4 Å². The number of benzene rings is 2. The van der Waals surface area contributed by atoms with Gasteiger partial charge in [-0.05, 0) is 38.7 Å². The number of nitrogens with zero attached hydrogens (tertiary/aromatic N) is 3. The summed E-state index contributed by atoms with van der Waals surface area (Å²) in [7, 11) is 3.83. The zero-order valence-corrected chi connectivity index (χ0v) is 16.6. The predicted molar refractivity (Wildman–Crippen MR) is 110 cm³/mol. The van der Waals surface area contributed by atoms with Crippen molar-refractivity contribution in [3.8, 4) is 5.69 Å². The monoisotopic (exact) mass is 394 g/mol. The van der Waals surface area contributed by atoms with Crippen molar-refractivity contribution in [1.29, 1.82) is 0 Å². The highest BCUT2D eigenvalue weighted by Gasteiger charge is 2.19. The lowest BCUT2D eigenvalue weighted by Gasteiger charge is -2.25. The lowest BCUT2D eigenvalue weighted by Crippen LogP contribution is -2.37. The first kappa shape index (κ1) is 20.4. The molecule has 0 saturated carbocycles. The number of nitrogens with one attached hydrogen (secondary N) is 1. The molecule has 0 aliphatic heterocycles. The molecule has 1 N–H and O–H groups in total. The van der Waals surface area contributed by atoms with Crippen LogP contribution in [0.1, 0.15) is 27.8 Å². The average molecular weight is 394 g/mol. The quantitative estimate of drug-likeness (QED) is 0.698. The average Bonchev–Trinajstić information content (AvgIpc) is 2.69. The third-order valence-electron chi connectivity index (χ3n) is 4.67. The topological polar surface area (TPSA) is 67.2 Å². The molecule has 1 amide bonds. The highest BCUT2D eigenvalue weighted by atomic mass is 19.1. The number of carbonyl (C=O) groups excluding carboxylic acids is 1. The van der Waals surface area contributed by atoms with Gasteiger partial charge in [0.2, 0.25) is 5.43 Å². The molecule has 0 bridgehead atoms. The summed E-state index contributed by atoms with van der Waals surface area (Å²) in [6.07, 6.45) is 0. The maximum absolute atomic E-state index is 14.2. The summed E-state index contributed by atoms with van der Waals surface area (Å²) in [5.41, 5.74) is 0.873. The van der Waals surface area contributed by atoms with E-state index in [1.54, 1.807) is 25.1 Å². The Hall–Kier alpha value is -3.32. The highest BCUT2D eigenvalue weighted by Crippen LogP contribution is 2.17. The molecule has 0 spiro atoms. The van der Waals surface area contributed by atoms with Crippen molar-refractivity contribution in [1.82, 2.24) is 20.0 Å². The van der Waals surface area contributed by atoms with Crippen molar-refractivity contribution < 1.29 is 9.18 Å². The van der Waals surface area contributed by atoms with Gasteiger partial charge in [0.25, 0.3) is 5.91 Å². The van der Waals surface area contributed by atoms with Gasteiger partial charge in [-0.25, -0.2) is 9.07 Å². The van der Waals surface area contributed by atoms with Crippen LogP contribution in [0.3, 0.4) is 0 Å². The standard InChI is InChI=1S/C22H23FN4O2/c1-15-13-20(28)21(25-27(15)18-12-8-7-11-17(18)23)22(29)24-14-19(26(2)3)16-9-5-4-6-10-16/h4-13,19H,14H2,1-3H3,(H,24,29). The minimum Gasteiger partial charge on any atom is -0.349 e. The van der Waals surface area contributed by atoms with Crippen LogP contribution >= 0.6 is 0 Å². The second kappa shape index (κ2) is 8.79. The van der Waals surface area contributed by atoms with Gasteiger partial charge in [-0.2, -0.15) is 5.10 Å². The van der Waals surface area contributed by atoms with Gasteiger partial charge in [-0.3, -0.25) is 9.59 Å². The number of carbonyl (C=O) groups is 1. The third-order valence-corrected chi connectivity index (χ3v) is 4.67. The van der Waals surface area contributed by atoms with Crippen LogP contribution < -0.4 is 10.7 Å². The minimum absolute atomic E-state index is 0.0700. The maximum Gasteiger partial charge on any atom is 0.275 e. The maximum atomic E-state index is 14.2. The molecular weight excluding hydrogens is 371 g/mol. The van der Waals surface area contributed by atoms with Crippen LogP contribution in [0.5, 0.6) is 0 Å². The van der Waals surface area contributed by atoms with E-state index < -0.39 is 17.2 Å². The molecule has 0 aliphatic carbocycles. The van der Waals surface area contributed by atoms with Crippen LogP contribution in [0.2, 0.25) is 0 Å². The summed E-state index contributed by atoms with van der Waals surface area (Å²) in [5, 5.41) is 6.92. The van der Waals surface area contributed by atoms with Gasteiger partial charge in [-0.15, -0.1) is 0 Å². The smallest absolute Gasteiger partial charge is 0.275 e. The first-order valence-electron chi connectivity index (χ1n) is 9.24. The van der Waals surface area contributed by atoms with Gasteiger partial charge in [0.1, 0.15) is 11.5 Å². The van der Waals surface area contributed by atoms with Crippen LogP contribution in [0.4, 0.5) is 4.39 Å². The van der Waals surface area contributed by atoms with Gasteiger partial charge in [-0.1, -0.05) is 42.5 Å². The summed E-state index contributed by atoms with van der Waals surface area (Å²) in [6, 6.07) is 17.0. The molecule has 3 rings (SSSR count). The molecule has 6 nitrogen and oxygen atoms in total. The Bertz CT molecular complexity index is 1060. The summed E-state index contributed by atoms with van der Waals surface area (Å²) in [4.78, 5) is 27.0. The molecule has 0 radical (unpaired) electrons. The van der Waals surface area contributed by atoms with Crippen LogP contribution in [0.25, 0.3) is 5.69 Å². The molecule has 0 saturated heterocycles. The normalized spacial score (nSPS) is 12.0. The fourth-order valence-electron chi connectivity index (χ4n) is 3.12. The number of halogens is 1. The van der Waals surface area contributed by atoms with Crippen molar-refractivity contribution in [2.45, 2.75) is 13.0 Å². The van der Waals surface area contributed by atoms with Crippen LogP contribution in [-0.2, 0) is 0 Å². The summed E-state index contributed by atoms with van der Waals surface area (Å²) >= 11 is 0. The van der Waals surface area contributed by atoms with E-state index in [9.17, 15) is 14.0 Å². The van der Waals surface area contributed by atoms with E-state index in [0.717, 1.165) is 5.56 Å². The number of para-hydroxylation sites is 1. The van der Waals surface area contributed by atoms with E-state index in [1.165, 1.54) is 16.8 Å². The van der Waals surface area contributed by atoms with Gasteiger partial charge < -0.3 is 10.2 Å². The Morgan fingerprint density at radius 2 is 1.79 bits per heavy atom. The first-order valence-corrected chi connectivity index (χ1v) is 9.24. The fraction of sp³-hybridized carbons (Fsp3) is 0.227. The Morgan fingerprint density at radius 1 is 1.14 bits per heavy atom. The molecule has 7 heteroatoms.